The molecule has 0 radical (unpaired) electrons. The summed E-state index contributed by atoms with van der Waals surface area (Å²) in [6.45, 7) is 6.78. The first kappa shape index (κ1) is 22.6. The Bertz CT molecular complexity index is 1040. The predicted octanol–water partition coefficient (Wildman–Crippen LogP) is 6.32. The molecule has 1 aliphatic heterocycles. The molecule has 1 fully saturated rings. The van der Waals surface area contributed by atoms with Crippen molar-refractivity contribution in [3.8, 4) is 28.4 Å². The Morgan fingerprint density at radius 2 is 1.64 bits per heavy atom. The zero-order valence-electron chi connectivity index (χ0n) is 19.4. The zero-order chi connectivity index (χ0) is 23.3. The van der Waals surface area contributed by atoms with Crippen LogP contribution in [0.15, 0.2) is 73.1 Å². The Labute approximate surface area is 195 Å². The van der Waals surface area contributed by atoms with Gasteiger partial charge in [-0.25, -0.2) is 4.79 Å². The molecule has 0 spiro atoms. The number of carbonyl (C=O) groups excluding carboxylic acids is 1. The Kier molecular flexibility index (Phi) is 6.82. The maximum atomic E-state index is 12.4. The summed E-state index contributed by atoms with van der Waals surface area (Å²) in [4.78, 5) is 18.4. The number of carbonyl (C=O) groups is 1. The molecule has 1 aliphatic rings. The van der Waals surface area contributed by atoms with E-state index in [2.05, 4.69) is 4.98 Å². The Hall–Kier alpha value is -3.54. The van der Waals surface area contributed by atoms with E-state index in [4.69, 9.17) is 14.2 Å². The van der Waals surface area contributed by atoms with Crippen molar-refractivity contribution < 1.29 is 19.0 Å². The first-order chi connectivity index (χ1) is 15.9. The molecule has 3 aromatic rings. The lowest BCUT2D eigenvalue weighted by Gasteiger charge is -2.28. The van der Waals surface area contributed by atoms with Gasteiger partial charge in [-0.1, -0.05) is 18.2 Å². The summed E-state index contributed by atoms with van der Waals surface area (Å²) in [6.07, 6.45) is 5.20. The molecule has 172 valence electrons. The number of hydrogen-bond acceptors (Lipinski definition) is 5. The molecule has 6 heteroatoms. The van der Waals surface area contributed by atoms with Crippen molar-refractivity contribution in [1.82, 2.24) is 9.88 Å². The van der Waals surface area contributed by atoms with Gasteiger partial charge in [-0.2, -0.15) is 0 Å². The van der Waals surface area contributed by atoms with E-state index in [0.717, 1.165) is 41.2 Å². The molecule has 0 N–H and O–H groups in total. The summed E-state index contributed by atoms with van der Waals surface area (Å²) >= 11 is 0. The quantitative estimate of drug-likeness (QED) is 0.443. The SMILES string of the molecule is CC(C)(C)OC(=O)N1CCC[C@@H]1COc1ccc(Oc2ccc(-c3cccnc3)cc2)cc1. The lowest BCUT2D eigenvalue weighted by molar-refractivity contribution is 0.0187. The van der Waals surface area contributed by atoms with Crippen molar-refractivity contribution >= 4 is 6.09 Å². The Balaban J connectivity index is 1.30. The molecule has 33 heavy (non-hydrogen) atoms. The first-order valence-corrected chi connectivity index (χ1v) is 11.3. The van der Waals surface area contributed by atoms with Crippen molar-refractivity contribution in [2.24, 2.45) is 0 Å². The summed E-state index contributed by atoms with van der Waals surface area (Å²) in [7, 11) is 0. The van der Waals surface area contributed by atoms with Gasteiger partial charge in [0.1, 0.15) is 29.5 Å². The highest BCUT2D eigenvalue weighted by molar-refractivity contribution is 5.69. The van der Waals surface area contributed by atoms with Crippen LogP contribution in [-0.2, 0) is 4.74 Å². The van der Waals surface area contributed by atoms with Crippen LogP contribution in [0.3, 0.4) is 0 Å². The summed E-state index contributed by atoms with van der Waals surface area (Å²) in [6, 6.07) is 19.4. The van der Waals surface area contributed by atoms with E-state index in [0.29, 0.717) is 13.2 Å². The first-order valence-electron chi connectivity index (χ1n) is 11.3. The summed E-state index contributed by atoms with van der Waals surface area (Å²) in [5.74, 6) is 2.23. The molecule has 1 saturated heterocycles. The van der Waals surface area contributed by atoms with Crippen LogP contribution in [0.1, 0.15) is 33.6 Å². The average Bonchev–Trinajstić information content (AvgIpc) is 3.28. The largest absolute Gasteiger partial charge is 0.491 e. The number of nitrogens with zero attached hydrogens (tertiary/aromatic N) is 2. The average molecular weight is 447 g/mol. The molecular formula is C27H30N2O4. The molecule has 0 unspecified atom stereocenters. The van der Waals surface area contributed by atoms with Gasteiger partial charge < -0.3 is 19.1 Å². The number of aromatic nitrogens is 1. The summed E-state index contributed by atoms with van der Waals surface area (Å²) in [5.41, 5.74) is 1.66. The molecule has 0 saturated carbocycles. The maximum Gasteiger partial charge on any atom is 0.410 e. The van der Waals surface area contributed by atoms with Crippen LogP contribution in [0.4, 0.5) is 4.79 Å². The van der Waals surface area contributed by atoms with Crippen molar-refractivity contribution in [2.75, 3.05) is 13.2 Å². The minimum Gasteiger partial charge on any atom is -0.491 e. The molecule has 1 amide bonds. The molecule has 6 nitrogen and oxygen atoms in total. The van der Waals surface area contributed by atoms with Crippen LogP contribution < -0.4 is 9.47 Å². The van der Waals surface area contributed by atoms with Gasteiger partial charge in [0.05, 0.1) is 6.04 Å². The minimum absolute atomic E-state index is 0.0223. The van der Waals surface area contributed by atoms with E-state index >= 15 is 0 Å². The number of likely N-dealkylation sites (tertiary alicyclic amines) is 1. The molecule has 0 aliphatic carbocycles. The highest BCUT2D eigenvalue weighted by atomic mass is 16.6. The summed E-state index contributed by atoms with van der Waals surface area (Å²) < 4.78 is 17.4. The highest BCUT2D eigenvalue weighted by Gasteiger charge is 2.32. The van der Waals surface area contributed by atoms with Crippen LogP contribution >= 0.6 is 0 Å². The van der Waals surface area contributed by atoms with Gasteiger partial charge in [-0.3, -0.25) is 4.98 Å². The van der Waals surface area contributed by atoms with Crippen molar-refractivity contribution in [2.45, 2.75) is 45.3 Å². The van der Waals surface area contributed by atoms with E-state index < -0.39 is 5.60 Å². The second kappa shape index (κ2) is 9.94. The van der Waals surface area contributed by atoms with Crippen LogP contribution in [0, 0.1) is 0 Å². The smallest absolute Gasteiger partial charge is 0.410 e. The normalized spacial score (nSPS) is 15.8. The monoisotopic (exact) mass is 446 g/mol. The number of benzene rings is 2. The van der Waals surface area contributed by atoms with Crippen LogP contribution in [-0.4, -0.2) is 40.8 Å². The van der Waals surface area contributed by atoms with Gasteiger partial charge in [0.25, 0.3) is 0 Å². The van der Waals surface area contributed by atoms with Crippen LogP contribution in [0.5, 0.6) is 17.2 Å². The van der Waals surface area contributed by atoms with E-state index in [1.165, 1.54) is 0 Å². The Morgan fingerprint density at radius 1 is 0.970 bits per heavy atom. The van der Waals surface area contributed by atoms with Crippen molar-refractivity contribution in [3.05, 3.63) is 73.1 Å². The van der Waals surface area contributed by atoms with Crippen molar-refractivity contribution in [3.63, 3.8) is 0 Å². The summed E-state index contributed by atoms with van der Waals surface area (Å²) in [5, 5.41) is 0. The van der Waals surface area contributed by atoms with Gasteiger partial charge in [0.15, 0.2) is 0 Å². The third kappa shape index (κ3) is 6.25. The third-order valence-electron chi connectivity index (χ3n) is 5.36. The van der Waals surface area contributed by atoms with Crippen LogP contribution in [0.25, 0.3) is 11.1 Å². The van der Waals surface area contributed by atoms with Crippen molar-refractivity contribution in [1.29, 1.82) is 0 Å². The maximum absolute atomic E-state index is 12.4. The zero-order valence-corrected chi connectivity index (χ0v) is 19.4. The van der Waals surface area contributed by atoms with Gasteiger partial charge in [0.2, 0.25) is 0 Å². The fourth-order valence-electron chi connectivity index (χ4n) is 3.75. The molecule has 1 atom stereocenters. The van der Waals surface area contributed by atoms with Gasteiger partial charge >= 0.3 is 6.09 Å². The lowest BCUT2D eigenvalue weighted by atomic mass is 10.1. The molecule has 4 rings (SSSR count). The number of rotatable bonds is 6. The third-order valence-corrected chi connectivity index (χ3v) is 5.36. The number of amides is 1. The second-order valence-corrected chi connectivity index (χ2v) is 9.12. The topological polar surface area (TPSA) is 60.9 Å². The fraction of sp³-hybridized carbons (Fsp3) is 0.333. The molecule has 2 aromatic carbocycles. The fourth-order valence-corrected chi connectivity index (χ4v) is 3.75. The minimum atomic E-state index is -0.500. The second-order valence-electron chi connectivity index (χ2n) is 9.12. The Morgan fingerprint density at radius 3 is 2.27 bits per heavy atom. The number of ether oxygens (including phenoxy) is 3. The number of hydrogen-bond donors (Lipinski definition) is 0. The molecule has 2 heterocycles. The number of pyridine rings is 1. The molecule has 0 bridgehead atoms. The lowest BCUT2D eigenvalue weighted by Crippen LogP contribution is -2.42. The van der Waals surface area contributed by atoms with Crippen LogP contribution in [0.2, 0.25) is 0 Å². The van der Waals surface area contributed by atoms with Gasteiger partial charge in [-0.05, 0) is 87.2 Å². The van der Waals surface area contributed by atoms with E-state index in [1.807, 2.05) is 87.6 Å². The van der Waals surface area contributed by atoms with Gasteiger partial charge in [-0.15, -0.1) is 0 Å². The van der Waals surface area contributed by atoms with E-state index in [9.17, 15) is 4.79 Å². The highest BCUT2D eigenvalue weighted by Crippen LogP contribution is 2.27. The van der Waals surface area contributed by atoms with E-state index in [-0.39, 0.29) is 12.1 Å². The molecule has 1 aromatic heterocycles. The van der Waals surface area contributed by atoms with E-state index in [1.54, 1.807) is 11.1 Å². The standard InChI is InChI=1S/C27H30N2O4/c1-27(2,3)33-26(30)29-17-5-7-22(29)19-31-23-12-14-25(15-13-23)32-24-10-8-20(9-11-24)21-6-4-16-28-18-21/h4,6,8-16,18,22H,5,7,17,19H2,1-3H3/t22-/m1/s1. The van der Waals surface area contributed by atoms with Gasteiger partial charge in [0, 0.05) is 18.9 Å². The predicted molar refractivity (Wildman–Crippen MR) is 128 cm³/mol. The molecular weight excluding hydrogens is 416 g/mol.